The minimum atomic E-state index is -0.667. The summed E-state index contributed by atoms with van der Waals surface area (Å²) >= 11 is 5.87. The van der Waals surface area contributed by atoms with Crippen molar-refractivity contribution in [3.63, 3.8) is 0 Å². The number of carbonyl (C=O) groups excluding carboxylic acids is 1. The van der Waals surface area contributed by atoms with Crippen molar-refractivity contribution in [2.75, 3.05) is 7.05 Å². The Morgan fingerprint density at radius 3 is 2.74 bits per heavy atom. The number of aryl methyl sites for hydroxylation is 1. The minimum absolute atomic E-state index is 0.0467. The van der Waals surface area contributed by atoms with Gasteiger partial charge in [-0.25, -0.2) is 0 Å². The molecule has 0 bridgehead atoms. The van der Waals surface area contributed by atoms with Gasteiger partial charge in [0.05, 0.1) is 23.0 Å². The SMILES string of the molecule is CCn1nccc1CN(C)C(=O)Cn1nc([N+](=O)[O-])c(Cl)c1C. The van der Waals surface area contributed by atoms with Crippen LogP contribution < -0.4 is 0 Å². The smallest absolute Gasteiger partial charge is 0.358 e. The minimum Gasteiger partial charge on any atom is -0.358 e. The van der Waals surface area contributed by atoms with E-state index in [9.17, 15) is 14.9 Å². The molecule has 0 aliphatic rings. The lowest BCUT2D eigenvalue weighted by molar-refractivity contribution is -0.389. The number of nitrogens with zero attached hydrogens (tertiary/aromatic N) is 6. The maximum atomic E-state index is 12.3. The third-order valence-electron chi connectivity index (χ3n) is 3.50. The summed E-state index contributed by atoms with van der Waals surface area (Å²) in [5.74, 6) is -0.672. The first-order chi connectivity index (χ1) is 10.8. The first-order valence-corrected chi connectivity index (χ1v) is 7.34. The molecule has 0 spiro atoms. The topological polar surface area (TPSA) is 99.1 Å². The molecule has 23 heavy (non-hydrogen) atoms. The Labute approximate surface area is 137 Å². The summed E-state index contributed by atoms with van der Waals surface area (Å²) < 4.78 is 3.04. The van der Waals surface area contributed by atoms with Crippen LogP contribution in [-0.4, -0.2) is 42.3 Å². The summed E-state index contributed by atoms with van der Waals surface area (Å²) in [6, 6.07) is 1.84. The zero-order chi connectivity index (χ0) is 17.1. The van der Waals surface area contributed by atoms with E-state index in [0.29, 0.717) is 18.8 Å². The molecule has 2 aromatic heterocycles. The van der Waals surface area contributed by atoms with Crippen LogP contribution in [0.4, 0.5) is 5.82 Å². The van der Waals surface area contributed by atoms with Crippen LogP contribution in [0.1, 0.15) is 18.3 Å². The van der Waals surface area contributed by atoms with Crippen LogP contribution in [0.25, 0.3) is 0 Å². The van der Waals surface area contributed by atoms with E-state index in [0.717, 1.165) is 5.69 Å². The van der Waals surface area contributed by atoms with Crippen LogP contribution in [0.15, 0.2) is 12.3 Å². The standard InChI is InChI=1S/C13H17ClN6O3/c1-4-18-10(5-6-15-18)7-17(3)11(21)8-19-9(2)12(14)13(16-19)20(22)23/h5-6H,4,7-8H2,1-3H3. The molecular weight excluding hydrogens is 324 g/mol. The third kappa shape index (κ3) is 3.50. The van der Waals surface area contributed by atoms with E-state index < -0.39 is 10.7 Å². The first kappa shape index (κ1) is 16.9. The van der Waals surface area contributed by atoms with Crippen molar-refractivity contribution in [3.05, 3.63) is 38.8 Å². The van der Waals surface area contributed by atoms with Crippen LogP contribution in [0.2, 0.25) is 5.02 Å². The van der Waals surface area contributed by atoms with Crippen LogP contribution in [0.3, 0.4) is 0 Å². The van der Waals surface area contributed by atoms with Crippen molar-refractivity contribution in [1.82, 2.24) is 24.5 Å². The van der Waals surface area contributed by atoms with E-state index >= 15 is 0 Å². The van der Waals surface area contributed by atoms with Gasteiger partial charge in [0.2, 0.25) is 5.91 Å². The average molecular weight is 341 g/mol. The number of nitro groups is 1. The highest BCUT2D eigenvalue weighted by molar-refractivity contribution is 6.33. The molecular formula is C13H17ClN6O3. The Morgan fingerprint density at radius 1 is 1.48 bits per heavy atom. The van der Waals surface area contributed by atoms with Gasteiger partial charge in [-0.3, -0.25) is 9.48 Å². The van der Waals surface area contributed by atoms with Crippen LogP contribution in [-0.2, 0) is 24.4 Å². The van der Waals surface area contributed by atoms with Gasteiger partial charge < -0.3 is 15.0 Å². The van der Waals surface area contributed by atoms with Crippen LogP contribution in [0, 0.1) is 17.0 Å². The quantitative estimate of drug-likeness (QED) is 0.587. The Balaban J connectivity index is 2.10. The Bertz CT molecular complexity index is 738. The second-order valence-corrected chi connectivity index (χ2v) is 5.40. The molecule has 0 aliphatic heterocycles. The summed E-state index contributed by atoms with van der Waals surface area (Å²) in [6.07, 6.45) is 1.68. The largest absolute Gasteiger partial charge is 0.408 e. The molecule has 0 radical (unpaired) electrons. The molecule has 0 aliphatic carbocycles. The second kappa shape index (κ2) is 6.78. The van der Waals surface area contributed by atoms with Crippen molar-refractivity contribution in [2.24, 2.45) is 0 Å². The fourth-order valence-corrected chi connectivity index (χ4v) is 2.34. The van der Waals surface area contributed by atoms with Gasteiger partial charge in [-0.05, 0) is 24.8 Å². The zero-order valence-electron chi connectivity index (χ0n) is 13.1. The molecule has 0 aromatic carbocycles. The molecule has 0 saturated carbocycles. The van der Waals surface area contributed by atoms with E-state index in [1.54, 1.807) is 24.9 Å². The van der Waals surface area contributed by atoms with Gasteiger partial charge >= 0.3 is 5.82 Å². The highest BCUT2D eigenvalue weighted by atomic mass is 35.5. The lowest BCUT2D eigenvalue weighted by Gasteiger charge is -2.17. The van der Waals surface area contributed by atoms with E-state index in [1.807, 2.05) is 13.0 Å². The predicted octanol–water partition coefficient (Wildman–Crippen LogP) is 1.63. The molecule has 2 heterocycles. The maximum absolute atomic E-state index is 12.3. The predicted molar refractivity (Wildman–Crippen MR) is 83.0 cm³/mol. The number of aromatic nitrogens is 4. The number of rotatable bonds is 6. The summed E-state index contributed by atoms with van der Waals surface area (Å²) in [4.78, 5) is 24.0. The monoisotopic (exact) mass is 340 g/mol. The van der Waals surface area contributed by atoms with Crippen molar-refractivity contribution in [2.45, 2.75) is 33.5 Å². The molecule has 0 unspecified atom stereocenters. The van der Waals surface area contributed by atoms with Gasteiger partial charge in [0.15, 0.2) is 5.02 Å². The molecule has 2 aromatic rings. The van der Waals surface area contributed by atoms with Crippen molar-refractivity contribution in [3.8, 4) is 0 Å². The van der Waals surface area contributed by atoms with Crippen LogP contribution in [0.5, 0.6) is 0 Å². The van der Waals surface area contributed by atoms with Crippen LogP contribution >= 0.6 is 11.6 Å². The molecule has 0 N–H and O–H groups in total. The number of carbonyl (C=O) groups is 1. The molecule has 1 amide bonds. The van der Waals surface area contributed by atoms with E-state index in [1.165, 1.54) is 9.58 Å². The average Bonchev–Trinajstić information content (AvgIpc) is 3.06. The molecule has 0 atom stereocenters. The lowest BCUT2D eigenvalue weighted by Crippen LogP contribution is -2.31. The molecule has 0 fully saturated rings. The third-order valence-corrected chi connectivity index (χ3v) is 3.95. The van der Waals surface area contributed by atoms with Gasteiger partial charge in [-0.1, -0.05) is 11.6 Å². The fourth-order valence-electron chi connectivity index (χ4n) is 2.14. The Hall–Kier alpha value is -2.42. The van der Waals surface area contributed by atoms with Gasteiger partial charge in [-0.2, -0.15) is 9.78 Å². The first-order valence-electron chi connectivity index (χ1n) is 6.97. The number of likely N-dealkylation sites (N-methyl/N-ethyl adjacent to an activating group) is 1. The number of halogens is 1. The summed E-state index contributed by atoms with van der Waals surface area (Å²) in [5, 5.41) is 18.7. The molecule has 2 rings (SSSR count). The second-order valence-electron chi connectivity index (χ2n) is 5.03. The summed E-state index contributed by atoms with van der Waals surface area (Å²) in [5.41, 5.74) is 1.29. The van der Waals surface area contributed by atoms with Gasteiger partial charge in [0, 0.05) is 19.8 Å². The number of amides is 1. The zero-order valence-corrected chi connectivity index (χ0v) is 13.8. The summed E-state index contributed by atoms with van der Waals surface area (Å²) in [6.45, 7) is 4.54. The van der Waals surface area contributed by atoms with Crippen molar-refractivity contribution < 1.29 is 9.72 Å². The highest BCUT2D eigenvalue weighted by Gasteiger charge is 2.25. The summed E-state index contributed by atoms with van der Waals surface area (Å²) in [7, 11) is 1.66. The lowest BCUT2D eigenvalue weighted by atomic mass is 10.3. The Kier molecular flexibility index (Phi) is 4.99. The Morgan fingerprint density at radius 2 is 2.17 bits per heavy atom. The van der Waals surface area contributed by atoms with Crippen molar-refractivity contribution >= 4 is 23.3 Å². The molecule has 10 heteroatoms. The van der Waals surface area contributed by atoms with E-state index in [2.05, 4.69) is 10.2 Å². The van der Waals surface area contributed by atoms with E-state index in [4.69, 9.17) is 11.6 Å². The normalized spacial score (nSPS) is 10.8. The van der Waals surface area contributed by atoms with Gasteiger partial charge in [0.1, 0.15) is 6.54 Å². The maximum Gasteiger partial charge on any atom is 0.408 e. The fraction of sp³-hybridized carbons (Fsp3) is 0.462. The molecule has 9 nitrogen and oxygen atoms in total. The molecule has 124 valence electrons. The van der Waals surface area contributed by atoms with E-state index in [-0.39, 0.29) is 17.5 Å². The number of hydrogen-bond acceptors (Lipinski definition) is 5. The number of hydrogen-bond donors (Lipinski definition) is 0. The van der Waals surface area contributed by atoms with Gasteiger partial charge in [-0.15, -0.1) is 0 Å². The highest BCUT2D eigenvalue weighted by Crippen LogP contribution is 2.26. The molecule has 0 saturated heterocycles. The van der Waals surface area contributed by atoms with Gasteiger partial charge in [0.25, 0.3) is 0 Å². The van der Waals surface area contributed by atoms with Crippen molar-refractivity contribution in [1.29, 1.82) is 0 Å².